The highest BCUT2D eigenvalue weighted by Crippen LogP contribution is 2.16. The van der Waals surface area contributed by atoms with Gasteiger partial charge in [-0.1, -0.05) is 6.08 Å². The van der Waals surface area contributed by atoms with Crippen LogP contribution in [0.15, 0.2) is 29.5 Å². The van der Waals surface area contributed by atoms with Crippen molar-refractivity contribution in [2.45, 2.75) is 0 Å². The molecule has 0 aliphatic heterocycles. The third kappa shape index (κ3) is 1.50. The molecule has 1 atom stereocenters. The maximum Gasteiger partial charge on any atom is 0.132 e. The Kier molecular flexibility index (Phi) is 2.58. The number of rotatable bonds is 2. The van der Waals surface area contributed by atoms with Gasteiger partial charge in [0.25, 0.3) is 0 Å². The van der Waals surface area contributed by atoms with Crippen molar-refractivity contribution in [2.75, 3.05) is 0 Å². The predicted octanol–water partition coefficient (Wildman–Crippen LogP) is -0.524. The van der Waals surface area contributed by atoms with Gasteiger partial charge in [-0.3, -0.25) is 5.84 Å². The lowest BCUT2D eigenvalue weighted by Gasteiger charge is -2.10. The quantitative estimate of drug-likeness (QED) is 0.249. The SMILES string of the molecule is NNC1=CC(=C=O)C(C=O)C=C1. The van der Waals surface area contributed by atoms with Crippen molar-refractivity contribution >= 4 is 12.2 Å². The Hall–Kier alpha value is -1.64. The molecular formula is C8H8N2O2. The Balaban J connectivity index is 2.97. The van der Waals surface area contributed by atoms with Gasteiger partial charge in [0.1, 0.15) is 12.2 Å². The zero-order valence-corrected chi connectivity index (χ0v) is 6.28. The van der Waals surface area contributed by atoms with Gasteiger partial charge in [0.15, 0.2) is 0 Å². The Morgan fingerprint density at radius 1 is 1.67 bits per heavy atom. The maximum atomic E-state index is 10.4. The van der Waals surface area contributed by atoms with E-state index < -0.39 is 5.92 Å². The highest BCUT2D eigenvalue weighted by molar-refractivity contribution is 5.74. The van der Waals surface area contributed by atoms with Crippen molar-refractivity contribution in [1.82, 2.24) is 5.43 Å². The summed E-state index contributed by atoms with van der Waals surface area (Å²) in [4.78, 5) is 20.7. The molecule has 0 bridgehead atoms. The van der Waals surface area contributed by atoms with Crippen LogP contribution < -0.4 is 11.3 Å². The summed E-state index contributed by atoms with van der Waals surface area (Å²) in [6, 6.07) is 0. The first-order valence-corrected chi connectivity index (χ1v) is 3.38. The van der Waals surface area contributed by atoms with Crippen molar-refractivity contribution in [1.29, 1.82) is 0 Å². The minimum Gasteiger partial charge on any atom is -0.324 e. The van der Waals surface area contributed by atoms with Crippen LogP contribution in [0, 0.1) is 5.92 Å². The molecule has 1 aliphatic carbocycles. The minimum atomic E-state index is -0.486. The van der Waals surface area contributed by atoms with Gasteiger partial charge in [-0.05, 0) is 12.2 Å². The van der Waals surface area contributed by atoms with E-state index in [2.05, 4.69) is 5.43 Å². The van der Waals surface area contributed by atoms with E-state index in [0.717, 1.165) is 0 Å². The van der Waals surface area contributed by atoms with Gasteiger partial charge in [-0.15, -0.1) is 0 Å². The predicted molar refractivity (Wildman–Crippen MR) is 43.3 cm³/mol. The molecule has 0 heterocycles. The molecule has 0 aromatic heterocycles. The van der Waals surface area contributed by atoms with E-state index in [4.69, 9.17) is 5.84 Å². The first-order chi connectivity index (χ1) is 5.81. The van der Waals surface area contributed by atoms with Crippen LogP contribution in [0.3, 0.4) is 0 Å². The summed E-state index contributed by atoms with van der Waals surface area (Å²) >= 11 is 0. The molecule has 62 valence electrons. The molecular weight excluding hydrogens is 156 g/mol. The first kappa shape index (κ1) is 8.46. The molecule has 1 unspecified atom stereocenters. The minimum absolute atomic E-state index is 0.292. The molecule has 1 rings (SSSR count). The standard InChI is InChI=1S/C8H8N2O2/c9-10-8-2-1-6(4-11)7(3-8)5-12/h1-4,6,10H,9H2. The molecule has 0 radical (unpaired) electrons. The van der Waals surface area contributed by atoms with Crippen LogP contribution in [-0.4, -0.2) is 12.2 Å². The molecule has 0 amide bonds. The van der Waals surface area contributed by atoms with E-state index in [1.165, 1.54) is 6.08 Å². The van der Waals surface area contributed by atoms with E-state index in [9.17, 15) is 9.59 Å². The van der Waals surface area contributed by atoms with Crippen molar-refractivity contribution in [2.24, 2.45) is 11.8 Å². The fourth-order valence-corrected chi connectivity index (χ4v) is 0.929. The molecule has 0 saturated heterocycles. The zero-order chi connectivity index (χ0) is 8.97. The van der Waals surface area contributed by atoms with Gasteiger partial charge in [-0.2, -0.15) is 0 Å². The topological polar surface area (TPSA) is 72.2 Å². The first-order valence-electron chi connectivity index (χ1n) is 3.38. The molecule has 12 heavy (non-hydrogen) atoms. The van der Waals surface area contributed by atoms with Gasteiger partial charge in [0.2, 0.25) is 0 Å². The average molecular weight is 164 g/mol. The molecule has 3 N–H and O–H groups in total. The molecule has 0 aromatic carbocycles. The fraction of sp³-hybridized carbons (Fsp3) is 0.125. The fourth-order valence-electron chi connectivity index (χ4n) is 0.929. The number of allylic oxidation sites excluding steroid dienone is 4. The number of carbonyl (C=O) groups excluding carboxylic acids is 2. The molecule has 0 spiro atoms. The molecule has 0 fully saturated rings. The number of hydrogen-bond acceptors (Lipinski definition) is 4. The van der Waals surface area contributed by atoms with E-state index in [-0.39, 0.29) is 0 Å². The summed E-state index contributed by atoms with van der Waals surface area (Å²) in [6.45, 7) is 0. The summed E-state index contributed by atoms with van der Waals surface area (Å²) in [5, 5.41) is 0. The van der Waals surface area contributed by atoms with Crippen molar-refractivity contribution in [3.63, 3.8) is 0 Å². The lowest BCUT2D eigenvalue weighted by atomic mass is 9.96. The Labute approximate surface area is 69.4 Å². The van der Waals surface area contributed by atoms with Crippen molar-refractivity contribution in [3.8, 4) is 0 Å². The number of aldehydes is 1. The third-order valence-electron chi connectivity index (χ3n) is 1.58. The van der Waals surface area contributed by atoms with Crippen LogP contribution in [0.2, 0.25) is 0 Å². The van der Waals surface area contributed by atoms with E-state index in [1.54, 1.807) is 18.1 Å². The molecule has 4 nitrogen and oxygen atoms in total. The number of hydrazine groups is 1. The summed E-state index contributed by atoms with van der Waals surface area (Å²) in [5.41, 5.74) is 3.25. The second-order valence-corrected chi connectivity index (χ2v) is 2.32. The summed E-state index contributed by atoms with van der Waals surface area (Å²) in [7, 11) is 0. The lowest BCUT2D eigenvalue weighted by Crippen LogP contribution is -2.22. The Morgan fingerprint density at radius 2 is 2.42 bits per heavy atom. The van der Waals surface area contributed by atoms with Crippen LogP contribution in [0.5, 0.6) is 0 Å². The summed E-state index contributed by atoms with van der Waals surface area (Å²) in [6.07, 6.45) is 5.40. The maximum absolute atomic E-state index is 10.4. The van der Waals surface area contributed by atoms with E-state index >= 15 is 0 Å². The van der Waals surface area contributed by atoms with Crippen LogP contribution in [-0.2, 0) is 9.59 Å². The van der Waals surface area contributed by atoms with Crippen molar-refractivity contribution < 1.29 is 9.59 Å². The summed E-state index contributed by atoms with van der Waals surface area (Å²) in [5.74, 6) is 6.30. The van der Waals surface area contributed by atoms with Gasteiger partial charge in [-0.25, -0.2) is 4.79 Å². The normalized spacial score (nSPS) is 21.2. The van der Waals surface area contributed by atoms with Gasteiger partial charge >= 0.3 is 0 Å². The molecule has 1 aliphatic rings. The zero-order valence-electron chi connectivity index (χ0n) is 6.28. The Bertz CT molecular complexity index is 298. The number of hydrogen-bond donors (Lipinski definition) is 2. The van der Waals surface area contributed by atoms with Gasteiger partial charge in [0.05, 0.1) is 11.5 Å². The van der Waals surface area contributed by atoms with Gasteiger partial charge < -0.3 is 10.2 Å². The molecule has 4 heteroatoms. The van der Waals surface area contributed by atoms with Crippen molar-refractivity contribution in [3.05, 3.63) is 29.5 Å². The highest BCUT2D eigenvalue weighted by Gasteiger charge is 2.13. The van der Waals surface area contributed by atoms with E-state index in [0.29, 0.717) is 17.6 Å². The monoisotopic (exact) mass is 164 g/mol. The molecule has 0 aromatic rings. The smallest absolute Gasteiger partial charge is 0.132 e. The third-order valence-corrected chi connectivity index (χ3v) is 1.58. The number of nitrogens with one attached hydrogen (secondary N) is 1. The largest absolute Gasteiger partial charge is 0.324 e. The number of nitrogens with two attached hydrogens (primary N) is 1. The van der Waals surface area contributed by atoms with E-state index in [1.807, 2.05) is 0 Å². The van der Waals surface area contributed by atoms with Gasteiger partial charge in [0, 0.05) is 5.70 Å². The lowest BCUT2D eigenvalue weighted by molar-refractivity contribution is -0.109. The van der Waals surface area contributed by atoms with Crippen LogP contribution >= 0.6 is 0 Å². The van der Waals surface area contributed by atoms with Crippen LogP contribution in [0.4, 0.5) is 0 Å². The second-order valence-electron chi connectivity index (χ2n) is 2.32. The van der Waals surface area contributed by atoms with Crippen LogP contribution in [0.1, 0.15) is 0 Å². The highest BCUT2D eigenvalue weighted by atomic mass is 16.1. The average Bonchev–Trinajstić information content (AvgIpc) is 2.16. The molecule has 0 saturated carbocycles. The Morgan fingerprint density at radius 3 is 2.92 bits per heavy atom. The second kappa shape index (κ2) is 3.67. The van der Waals surface area contributed by atoms with Crippen LogP contribution in [0.25, 0.3) is 0 Å². The number of carbonyl (C=O) groups is 1. The summed E-state index contributed by atoms with van der Waals surface area (Å²) < 4.78 is 0.